The average Bonchev–Trinajstić information content (AvgIpc) is 3.06. The van der Waals surface area contributed by atoms with Crippen molar-refractivity contribution in [3.63, 3.8) is 0 Å². The van der Waals surface area contributed by atoms with Gasteiger partial charge in [0.05, 0.1) is 0 Å². The molecule has 1 fully saturated rings. The number of likely N-dealkylation sites (tertiary alicyclic amines) is 1. The number of para-hydroxylation sites is 2. The van der Waals surface area contributed by atoms with Gasteiger partial charge in [-0.3, -0.25) is 4.79 Å². The number of ether oxygens (including phenoxy) is 1. The van der Waals surface area contributed by atoms with Crippen LogP contribution in [0, 0.1) is 0 Å². The number of nitrogens with two attached hydrogens (primary N) is 1. The molecule has 1 saturated heterocycles. The summed E-state index contributed by atoms with van der Waals surface area (Å²) in [6, 6.07) is 17.4. The van der Waals surface area contributed by atoms with E-state index in [1.807, 2.05) is 59.5 Å². The number of amides is 1. The molecule has 0 aliphatic carbocycles. The van der Waals surface area contributed by atoms with Gasteiger partial charge < -0.3 is 19.8 Å². The van der Waals surface area contributed by atoms with E-state index < -0.39 is 0 Å². The van der Waals surface area contributed by atoms with Crippen LogP contribution in [0.2, 0.25) is 0 Å². The molecule has 0 unspecified atom stereocenters. The van der Waals surface area contributed by atoms with Crippen molar-refractivity contribution in [2.45, 2.75) is 25.5 Å². The Bertz CT molecular complexity index is 896. The third-order valence-electron chi connectivity index (χ3n) is 4.85. The number of nitrogens with zero attached hydrogens (tertiary/aromatic N) is 1. The van der Waals surface area contributed by atoms with Gasteiger partial charge in [0.2, 0.25) is 0 Å². The summed E-state index contributed by atoms with van der Waals surface area (Å²) in [4.78, 5) is 14.9. The van der Waals surface area contributed by atoms with Crippen LogP contribution < -0.4 is 10.5 Å². The maximum atomic E-state index is 13.0. The second-order valence-electron chi connectivity index (χ2n) is 6.64. The second-order valence-corrected chi connectivity index (χ2v) is 6.64. The second kappa shape index (κ2) is 7.22. The third-order valence-corrected chi connectivity index (χ3v) is 4.85. The predicted octanol–water partition coefficient (Wildman–Crippen LogP) is 3.58. The molecule has 0 spiro atoms. The van der Waals surface area contributed by atoms with E-state index in [2.05, 4.69) is 0 Å². The van der Waals surface area contributed by atoms with Crippen molar-refractivity contribution in [2.24, 2.45) is 5.73 Å². The first kappa shape index (κ1) is 16.7. The first-order valence-electron chi connectivity index (χ1n) is 8.95. The summed E-state index contributed by atoms with van der Waals surface area (Å²) < 4.78 is 11.8. The van der Waals surface area contributed by atoms with Gasteiger partial charge in [0.15, 0.2) is 5.76 Å². The summed E-state index contributed by atoms with van der Waals surface area (Å²) in [6.45, 7) is 1.61. The molecule has 3 aromatic rings. The van der Waals surface area contributed by atoms with Crippen molar-refractivity contribution >= 4 is 16.9 Å². The maximum Gasteiger partial charge on any atom is 0.290 e. The van der Waals surface area contributed by atoms with E-state index in [-0.39, 0.29) is 18.6 Å². The SMILES string of the molecule is NC1CCN(C(=O)c2oc3ccccc3c2COc2ccccc2)CC1. The zero-order valence-electron chi connectivity index (χ0n) is 14.6. The van der Waals surface area contributed by atoms with Crippen molar-refractivity contribution in [1.82, 2.24) is 4.90 Å². The number of rotatable bonds is 4. The molecule has 0 bridgehead atoms. The van der Waals surface area contributed by atoms with E-state index in [0.29, 0.717) is 24.4 Å². The number of fused-ring (bicyclic) bond motifs is 1. The van der Waals surface area contributed by atoms with Crippen molar-refractivity contribution in [2.75, 3.05) is 13.1 Å². The normalized spacial score (nSPS) is 15.3. The highest BCUT2D eigenvalue weighted by atomic mass is 16.5. The Morgan fingerprint density at radius 3 is 2.54 bits per heavy atom. The molecule has 4 rings (SSSR count). The molecule has 5 nitrogen and oxygen atoms in total. The molecule has 0 atom stereocenters. The van der Waals surface area contributed by atoms with Crippen molar-refractivity contribution in [3.05, 3.63) is 65.9 Å². The topological polar surface area (TPSA) is 68.7 Å². The van der Waals surface area contributed by atoms with Gasteiger partial charge in [0.1, 0.15) is 17.9 Å². The van der Waals surface area contributed by atoms with Crippen molar-refractivity contribution in [3.8, 4) is 5.75 Å². The largest absolute Gasteiger partial charge is 0.489 e. The number of piperidine rings is 1. The van der Waals surface area contributed by atoms with Gasteiger partial charge in [-0.15, -0.1) is 0 Å². The van der Waals surface area contributed by atoms with E-state index in [0.717, 1.165) is 29.5 Å². The van der Waals surface area contributed by atoms with Gasteiger partial charge in [-0.2, -0.15) is 0 Å². The Labute approximate surface area is 152 Å². The van der Waals surface area contributed by atoms with Crippen molar-refractivity contribution in [1.29, 1.82) is 0 Å². The highest BCUT2D eigenvalue weighted by Gasteiger charge is 2.28. The van der Waals surface area contributed by atoms with Crippen LogP contribution in [0.3, 0.4) is 0 Å². The zero-order chi connectivity index (χ0) is 17.9. The lowest BCUT2D eigenvalue weighted by Crippen LogP contribution is -2.43. The monoisotopic (exact) mass is 350 g/mol. The summed E-state index contributed by atoms with van der Waals surface area (Å²) in [5, 5.41) is 0.917. The summed E-state index contributed by atoms with van der Waals surface area (Å²) in [7, 11) is 0. The van der Waals surface area contributed by atoms with Gasteiger partial charge in [-0.25, -0.2) is 0 Å². The average molecular weight is 350 g/mol. The lowest BCUT2D eigenvalue weighted by molar-refractivity contribution is 0.0681. The minimum atomic E-state index is -0.0836. The Morgan fingerprint density at radius 1 is 1.08 bits per heavy atom. The highest BCUT2D eigenvalue weighted by molar-refractivity contribution is 5.99. The molecule has 0 radical (unpaired) electrons. The summed E-state index contributed by atoms with van der Waals surface area (Å²) >= 11 is 0. The number of benzene rings is 2. The zero-order valence-corrected chi connectivity index (χ0v) is 14.6. The first-order valence-corrected chi connectivity index (χ1v) is 8.95. The Balaban J connectivity index is 1.64. The minimum Gasteiger partial charge on any atom is -0.489 e. The molecule has 134 valence electrons. The van der Waals surface area contributed by atoms with Crippen LogP contribution in [0.15, 0.2) is 59.0 Å². The molecular weight excluding hydrogens is 328 g/mol. The smallest absolute Gasteiger partial charge is 0.290 e. The lowest BCUT2D eigenvalue weighted by Gasteiger charge is -2.29. The van der Waals surface area contributed by atoms with Crippen LogP contribution in [0.5, 0.6) is 5.75 Å². The molecule has 1 amide bonds. The van der Waals surface area contributed by atoms with E-state index >= 15 is 0 Å². The molecule has 2 N–H and O–H groups in total. The molecule has 5 heteroatoms. The Morgan fingerprint density at radius 2 is 1.77 bits per heavy atom. The van der Waals surface area contributed by atoms with Crippen LogP contribution in [0.1, 0.15) is 29.0 Å². The standard InChI is InChI=1S/C21H22N2O3/c22-15-10-12-23(13-11-15)21(24)20-18(14-25-16-6-2-1-3-7-16)17-8-4-5-9-19(17)26-20/h1-9,15H,10-14,22H2. The molecular formula is C21H22N2O3. The molecule has 0 saturated carbocycles. The van der Waals surface area contributed by atoms with Gasteiger partial charge in [-0.05, 0) is 31.0 Å². The molecule has 2 aromatic carbocycles. The fourth-order valence-corrected chi connectivity index (χ4v) is 3.33. The summed E-state index contributed by atoms with van der Waals surface area (Å²) in [5.41, 5.74) is 7.46. The minimum absolute atomic E-state index is 0.0836. The molecule has 1 aliphatic rings. The number of carbonyl (C=O) groups is 1. The molecule has 2 heterocycles. The maximum absolute atomic E-state index is 13.0. The van der Waals surface area contributed by atoms with Crippen LogP contribution in [0.25, 0.3) is 11.0 Å². The van der Waals surface area contributed by atoms with E-state index in [1.54, 1.807) is 0 Å². The van der Waals surface area contributed by atoms with Crippen LogP contribution in [-0.2, 0) is 6.61 Å². The van der Waals surface area contributed by atoms with Gasteiger partial charge in [0, 0.05) is 30.1 Å². The van der Waals surface area contributed by atoms with E-state index in [9.17, 15) is 4.79 Å². The van der Waals surface area contributed by atoms with Crippen molar-refractivity contribution < 1.29 is 13.9 Å². The number of furan rings is 1. The van der Waals surface area contributed by atoms with Gasteiger partial charge in [-0.1, -0.05) is 36.4 Å². The van der Waals surface area contributed by atoms with Gasteiger partial charge >= 0.3 is 0 Å². The number of carbonyl (C=O) groups excluding carboxylic acids is 1. The summed E-state index contributed by atoms with van der Waals surface area (Å²) in [6.07, 6.45) is 1.64. The Hall–Kier alpha value is -2.79. The molecule has 1 aromatic heterocycles. The number of hydrogen-bond acceptors (Lipinski definition) is 4. The third kappa shape index (κ3) is 3.30. The molecule has 26 heavy (non-hydrogen) atoms. The van der Waals surface area contributed by atoms with E-state index in [1.165, 1.54) is 0 Å². The summed E-state index contributed by atoms with van der Waals surface area (Å²) in [5.74, 6) is 1.05. The van der Waals surface area contributed by atoms with Crippen LogP contribution in [0.4, 0.5) is 0 Å². The lowest BCUT2D eigenvalue weighted by atomic mass is 10.1. The fraction of sp³-hybridized carbons (Fsp3) is 0.286. The first-order chi connectivity index (χ1) is 12.7. The van der Waals surface area contributed by atoms with Crippen LogP contribution >= 0.6 is 0 Å². The Kier molecular flexibility index (Phi) is 4.63. The predicted molar refractivity (Wildman–Crippen MR) is 100 cm³/mol. The quantitative estimate of drug-likeness (QED) is 0.781. The number of hydrogen-bond donors (Lipinski definition) is 1. The van der Waals surface area contributed by atoms with Crippen LogP contribution in [-0.4, -0.2) is 29.9 Å². The van der Waals surface area contributed by atoms with Gasteiger partial charge in [0.25, 0.3) is 5.91 Å². The highest BCUT2D eigenvalue weighted by Crippen LogP contribution is 2.29. The van der Waals surface area contributed by atoms with E-state index in [4.69, 9.17) is 14.9 Å². The fourth-order valence-electron chi connectivity index (χ4n) is 3.33. The molecule has 1 aliphatic heterocycles.